The highest BCUT2D eigenvalue weighted by molar-refractivity contribution is 5.72. The Bertz CT molecular complexity index is 267. The Balaban J connectivity index is 2.54. The van der Waals surface area contributed by atoms with E-state index in [2.05, 4.69) is 32.6 Å². The average molecular weight is 256 g/mol. The molecular weight excluding hydrogens is 228 g/mol. The maximum atomic E-state index is 11.6. The summed E-state index contributed by atoms with van der Waals surface area (Å²) in [5.41, 5.74) is 0.334. The number of rotatable bonds is 4. The first-order valence-electron chi connectivity index (χ1n) is 7.18. The molecule has 0 aromatic carbocycles. The third-order valence-corrected chi connectivity index (χ3v) is 3.97. The second-order valence-corrected chi connectivity index (χ2v) is 7.17. The standard InChI is InChI=1S/C15H28O3/c1-11(10-15(2,3)4)9-12-7-5-6-8-13(12)14(16)18-17/h11-13,17H,5-10H2,1-4H3. The van der Waals surface area contributed by atoms with Crippen molar-refractivity contribution in [2.45, 2.75) is 66.2 Å². The molecule has 3 heteroatoms. The molecule has 3 atom stereocenters. The van der Waals surface area contributed by atoms with Crippen LogP contribution in [0.1, 0.15) is 66.2 Å². The maximum absolute atomic E-state index is 11.6. The molecule has 1 aliphatic carbocycles. The molecule has 0 saturated heterocycles. The summed E-state index contributed by atoms with van der Waals surface area (Å²) in [4.78, 5) is 15.5. The zero-order valence-corrected chi connectivity index (χ0v) is 12.2. The Hall–Kier alpha value is -0.570. The largest absolute Gasteiger partial charge is 0.345 e. The SMILES string of the molecule is CC(CC1CCCCC1C(=O)OO)CC(C)(C)C. The van der Waals surface area contributed by atoms with Crippen LogP contribution in [0.15, 0.2) is 0 Å². The minimum atomic E-state index is -0.428. The molecule has 0 heterocycles. The highest BCUT2D eigenvalue weighted by Gasteiger charge is 2.33. The Morgan fingerprint density at radius 1 is 1.33 bits per heavy atom. The Morgan fingerprint density at radius 3 is 2.50 bits per heavy atom. The lowest BCUT2D eigenvalue weighted by molar-refractivity contribution is -0.241. The molecule has 0 bridgehead atoms. The van der Waals surface area contributed by atoms with Gasteiger partial charge < -0.3 is 4.89 Å². The van der Waals surface area contributed by atoms with Gasteiger partial charge in [0.15, 0.2) is 0 Å². The smallest absolute Gasteiger partial charge is 0.301 e. The molecule has 0 amide bonds. The molecule has 1 rings (SSSR count). The van der Waals surface area contributed by atoms with E-state index in [0.29, 0.717) is 17.3 Å². The molecule has 0 aromatic heterocycles. The van der Waals surface area contributed by atoms with Gasteiger partial charge in [-0.05, 0) is 42.9 Å². The van der Waals surface area contributed by atoms with Crippen molar-refractivity contribution in [2.75, 3.05) is 0 Å². The number of hydrogen-bond acceptors (Lipinski definition) is 3. The van der Waals surface area contributed by atoms with E-state index in [0.717, 1.165) is 25.7 Å². The summed E-state index contributed by atoms with van der Waals surface area (Å²) < 4.78 is 0. The average Bonchev–Trinajstić information content (AvgIpc) is 2.26. The molecule has 1 aliphatic rings. The first kappa shape index (κ1) is 15.5. The van der Waals surface area contributed by atoms with Crippen LogP contribution < -0.4 is 0 Å². The van der Waals surface area contributed by atoms with Crippen LogP contribution in [0, 0.1) is 23.2 Å². The van der Waals surface area contributed by atoms with E-state index in [1.165, 1.54) is 12.8 Å². The molecule has 106 valence electrons. The monoisotopic (exact) mass is 256 g/mol. The van der Waals surface area contributed by atoms with Crippen LogP contribution in [-0.2, 0) is 9.68 Å². The van der Waals surface area contributed by atoms with Gasteiger partial charge in [0.05, 0.1) is 5.92 Å². The minimum absolute atomic E-state index is 0.0915. The molecule has 3 unspecified atom stereocenters. The Kier molecular flexibility index (Phi) is 5.64. The van der Waals surface area contributed by atoms with Crippen LogP contribution in [0.4, 0.5) is 0 Å². The molecule has 0 aliphatic heterocycles. The van der Waals surface area contributed by atoms with E-state index in [1.54, 1.807) is 0 Å². The highest BCUT2D eigenvalue weighted by atomic mass is 17.1. The van der Waals surface area contributed by atoms with E-state index in [4.69, 9.17) is 5.26 Å². The van der Waals surface area contributed by atoms with Crippen molar-refractivity contribution in [1.82, 2.24) is 0 Å². The molecule has 0 radical (unpaired) electrons. The molecule has 0 spiro atoms. The van der Waals surface area contributed by atoms with Gasteiger partial charge in [0.1, 0.15) is 0 Å². The Labute approximate surface area is 111 Å². The fraction of sp³-hybridized carbons (Fsp3) is 0.933. The maximum Gasteiger partial charge on any atom is 0.345 e. The van der Waals surface area contributed by atoms with Crippen molar-refractivity contribution in [3.63, 3.8) is 0 Å². The van der Waals surface area contributed by atoms with Crippen LogP contribution in [0.25, 0.3) is 0 Å². The predicted molar refractivity (Wildman–Crippen MR) is 72.0 cm³/mol. The van der Waals surface area contributed by atoms with Crippen LogP contribution in [0.2, 0.25) is 0 Å². The number of carbonyl (C=O) groups is 1. The third kappa shape index (κ3) is 4.97. The van der Waals surface area contributed by atoms with Gasteiger partial charge in [-0.2, -0.15) is 5.26 Å². The second-order valence-electron chi connectivity index (χ2n) is 7.17. The summed E-state index contributed by atoms with van der Waals surface area (Å²) in [6, 6.07) is 0. The first-order valence-corrected chi connectivity index (χ1v) is 7.18. The summed E-state index contributed by atoms with van der Waals surface area (Å²) in [5, 5.41) is 8.58. The van der Waals surface area contributed by atoms with E-state index in [9.17, 15) is 4.79 Å². The van der Waals surface area contributed by atoms with Crippen LogP contribution in [0.5, 0.6) is 0 Å². The van der Waals surface area contributed by atoms with Gasteiger partial charge in [0, 0.05) is 0 Å². The summed E-state index contributed by atoms with van der Waals surface area (Å²) in [7, 11) is 0. The zero-order valence-electron chi connectivity index (χ0n) is 12.2. The van der Waals surface area contributed by atoms with Crippen molar-refractivity contribution < 1.29 is 14.9 Å². The van der Waals surface area contributed by atoms with Crippen molar-refractivity contribution in [2.24, 2.45) is 23.2 Å². The van der Waals surface area contributed by atoms with Crippen LogP contribution in [-0.4, -0.2) is 11.2 Å². The van der Waals surface area contributed by atoms with E-state index < -0.39 is 5.97 Å². The number of carbonyl (C=O) groups excluding carboxylic acids is 1. The van der Waals surface area contributed by atoms with Crippen LogP contribution >= 0.6 is 0 Å². The molecule has 1 N–H and O–H groups in total. The van der Waals surface area contributed by atoms with Gasteiger partial charge in [0.2, 0.25) is 0 Å². The number of hydrogen-bond donors (Lipinski definition) is 1. The van der Waals surface area contributed by atoms with Gasteiger partial charge in [0.25, 0.3) is 0 Å². The van der Waals surface area contributed by atoms with E-state index >= 15 is 0 Å². The second kappa shape index (κ2) is 6.55. The van der Waals surface area contributed by atoms with Crippen LogP contribution in [0.3, 0.4) is 0 Å². The van der Waals surface area contributed by atoms with E-state index in [-0.39, 0.29) is 5.92 Å². The minimum Gasteiger partial charge on any atom is -0.301 e. The fourth-order valence-corrected chi connectivity index (χ4v) is 3.51. The first-order chi connectivity index (χ1) is 8.33. The van der Waals surface area contributed by atoms with E-state index in [1.807, 2.05) is 0 Å². The lowest BCUT2D eigenvalue weighted by atomic mass is 9.73. The molecular formula is C15H28O3. The molecule has 0 aromatic rings. The van der Waals surface area contributed by atoms with Crippen molar-refractivity contribution in [3.05, 3.63) is 0 Å². The zero-order chi connectivity index (χ0) is 13.8. The quantitative estimate of drug-likeness (QED) is 0.603. The van der Waals surface area contributed by atoms with Gasteiger partial charge in [-0.15, -0.1) is 0 Å². The van der Waals surface area contributed by atoms with Gasteiger partial charge in [-0.3, -0.25) is 0 Å². The van der Waals surface area contributed by atoms with Gasteiger partial charge in [-0.1, -0.05) is 40.5 Å². The van der Waals surface area contributed by atoms with Crippen molar-refractivity contribution in [1.29, 1.82) is 0 Å². The summed E-state index contributed by atoms with van der Waals surface area (Å²) >= 11 is 0. The summed E-state index contributed by atoms with van der Waals surface area (Å²) in [6.45, 7) is 9.03. The topological polar surface area (TPSA) is 46.5 Å². The normalized spacial score (nSPS) is 26.7. The molecule has 3 nitrogen and oxygen atoms in total. The molecule has 1 saturated carbocycles. The van der Waals surface area contributed by atoms with Crippen molar-refractivity contribution >= 4 is 5.97 Å². The summed E-state index contributed by atoms with van der Waals surface area (Å²) in [5.74, 6) is 0.478. The van der Waals surface area contributed by atoms with Gasteiger partial charge in [-0.25, -0.2) is 4.79 Å². The van der Waals surface area contributed by atoms with Crippen molar-refractivity contribution in [3.8, 4) is 0 Å². The highest BCUT2D eigenvalue weighted by Crippen LogP contribution is 2.37. The lowest BCUT2D eigenvalue weighted by Crippen LogP contribution is -2.30. The predicted octanol–water partition coefficient (Wildman–Crippen LogP) is 4.27. The summed E-state index contributed by atoms with van der Waals surface area (Å²) in [6.07, 6.45) is 6.47. The Morgan fingerprint density at radius 2 is 1.94 bits per heavy atom. The lowest BCUT2D eigenvalue weighted by Gasteiger charge is -2.32. The molecule has 1 fully saturated rings. The fourth-order valence-electron chi connectivity index (χ4n) is 3.51. The third-order valence-electron chi connectivity index (χ3n) is 3.97. The molecule has 18 heavy (non-hydrogen) atoms. The van der Waals surface area contributed by atoms with Gasteiger partial charge >= 0.3 is 5.97 Å².